The number of nitrogens with zero attached hydrogens (tertiary/aromatic N) is 4. The summed E-state index contributed by atoms with van der Waals surface area (Å²) in [5, 5.41) is 9.60. The van der Waals surface area contributed by atoms with Crippen molar-refractivity contribution in [2.45, 2.75) is 13.8 Å². The molecule has 0 saturated carbocycles. The van der Waals surface area contributed by atoms with Gasteiger partial charge in [0, 0.05) is 4.88 Å². The first-order valence-electron chi connectivity index (χ1n) is 5.89. The smallest absolute Gasteiger partial charge is 0.205 e. The first kappa shape index (κ1) is 10.7. The van der Waals surface area contributed by atoms with Gasteiger partial charge in [0.2, 0.25) is 5.82 Å². The minimum absolute atomic E-state index is 0.678. The number of rotatable bonds is 1. The van der Waals surface area contributed by atoms with Crippen LogP contribution in [0.15, 0.2) is 29.1 Å². The van der Waals surface area contributed by atoms with Crippen molar-refractivity contribution >= 4 is 27.2 Å². The first-order chi connectivity index (χ1) is 9.25. The van der Waals surface area contributed by atoms with Gasteiger partial charge in [-0.05, 0) is 31.5 Å². The van der Waals surface area contributed by atoms with Gasteiger partial charge in [0.05, 0.1) is 11.6 Å². The Hall–Kier alpha value is -2.21. The Morgan fingerprint density at radius 1 is 1.26 bits per heavy atom. The summed E-state index contributed by atoms with van der Waals surface area (Å²) in [6.07, 6.45) is 3.38. The van der Waals surface area contributed by atoms with E-state index < -0.39 is 0 Å². The molecule has 5 nitrogen and oxygen atoms in total. The summed E-state index contributed by atoms with van der Waals surface area (Å²) >= 11 is 1.68. The molecule has 0 N–H and O–H groups in total. The maximum absolute atomic E-state index is 5.38. The van der Waals surface area contributed by atoms with E-state index in [1.807, 2.05) is 16.5 Å². The van der Waals surface area contributed by atoms with Crippen LogP contribution in [0.1, 0.15) is 10.4 Å². The summed E-state index contributed by atoms with van der Waals surface area (Å²) < 4.78 is 7.26. The molecule has 0 bridgehead atoms. The Balaban J connectivity index is 2.14. The fraction of sp³-hybridized carbons (Fsp3) is 0.154. The van der Waals surface area contributed by atoms with Crippen LogP contribution < -0.4 is 0 Å². The van der Waals surface area contributed by atoms with Crippen molar-refractivity contribution in [1.29, 1.82) is 0 Å². The minimum Gasteiger partial charge on any atom is -0.461 e. The standard InChI is InChI=1S/C13H10N4OS/c1-7-8(2)19-13-10(7)12-16-15-11(17(12)6-14-13)9-4-3-5-18-9/h3-6H,1-2H3. The monoisotopic (exact) mass is 270 g/mol. The van der Waals surface area contributed by atoms with Crippen molar-refractivity contribution in [1.82, 2.24) is 19.6 Å². The highest BCUT2D eigenvalue weighted by atomic mass is 32.1. The van der Waals surface area contributed by atoms with Gasteiger partial charge < -0.3 is 4.42 Å². The predicted molar refractivity (Wildman–Crippen MR) is 73.3 cm³/mol. The summed E-state index contributed by atoms with van der Waals surface area (Å²) in [6.45, 7) is 4.19. The molecule has 6 heteroatoms. The van der Waals surface area contributed by atoms with Crippen molar-refractivity contribution < 1.29 is 4.42 Å². The maximum atomic E-state index is 5.38. The summed E-state index contributed by atoms with van der Waals surface area (Å²) in [6, 6.07) is 3.70. The summed E-state index contributed by atoms with van der Waals surface area (Å²) in [7, 11) is 0. The average molecular weight is 270 g/mol. The Morgan fingerprint density at radius 3 is 2.95 bits per heavy atom. The van der Waals surface area contributed by atoms with Gasteiger partial charge in [-0.15, -0.1) is 21.5 Å². The molecular weight excluding hydrogens is 260 g/mol. The minimum atomic E-state index is 0.678. The fourth-order valence-corrected chi connectivity index (χ4v) is 3.21. The van der Waals surface area contributed by atoms with Crippen molar-refractivity contribution in [2.75, 3.05) is 0 Å². The molecule has 0 atom stereocenters. The van der Waals surface area contributed by atoms with E-state index in [0.29, 0.717) is 11.6 Å². The van der Waals surface area contributed by atoms with Gasteiger partial charge in [0.15, 0.2) is 11.4 Å². The highest BCUT2D eigenvalue weighted by Gasteiger charge is 2.16. The van der Waals surface area contributed by atoms with E-state index in [4.69, 9.17) is 4.42 Å². The van der Waals surface area contributed by atoms with E-state index in [9.17, 15) is 0 Å². The van der Waals surface area contributed by atoms with Gasteiger partial charge in [-0.25, -0.2) is 4.98 Å². The van der Waals surface area contributed by atoms with Gasteiger partial charge >= 0.3 is 0 Å². The molecule has 0 amide bonds. The van der Waals surface area contributed by atoms with Crippen LogP contribution in [0.25, 0.3) is 27.4 Å². The molecular formula is C13H10N4OS. The molecule has 0 unspecified atom stereocenters. The van der Waals surface area contributed by atoms with E-state index in [0.717, 1.165) is 15.9 Å². The number of fused-ring (bicyclic) bond motifs is 3. The predicted octanol–water partition coefficient (Wildman–Crippen LogP) is 3.22. The second-order valence-corrected chi connectivity index (χ2v) is 5.61. The molecule has 0 radical (unpaired) electrons. The lowest BCUT2D eigenvalue weighted by atomic mass is 10.2. The van der Waals surface area contributed by atoms with Gasteiger partial charge in [-0.2, -0.15) is 0 Å². The SMILES string of the molecule is Cc1sc2ncn3c(-c4ccco4)nnc3c2c1C. The molecule has 0 spiro atoms. The van der Waals surface area contributed by atoms with Crippen LogP contribution in [0, 0.1) is 13.8 Å². The summed E-state index contributed by atoms with van der Waals surface area (Å²) in [4.78, 5) is 6.76. The quantitative estimate of drug-likeness (QED) is 0.533. The Labute approximate surface area is 112 Å². The second-order valence-electron chi connectivity index (χ2n) is 4.40. The van der Waals surface area contributed by atoms with Crippen molar-refractivity contribution in [3.05, 3.63) is 35.2 Å². The third kappa shape index (κ3) is 1.37. The van der Waals surface area contributed by atoms with Crippen LogP contribution in [-0.4, -0.2) is 19.6 Å². The van der Waals surface area contributed by atoms with E-state index in [-0.39, 0.29) is 0 Å². The van der Waals surface area contributed by atoms with Crippen LogP contribution in [0.5, 0.6) is 0 Å². The third-order valence-corrected chi connectivity index (χ3v) is 4.43. The summed E-state index contributed by atoms with van der Waals surface area (Å²) in [5.41, 5.74) is 2.05. The van der Waals surface area contributed by atoms with E-state index in [2.05, 4.69) is 29.0 Å². The lowest BCUT2D eigenvalue weighted by Gasteiger charge is -1.97. The zero-order valence-corrected chi connectivity index (χ0v) is 11.2. The normalized spacial score (nSPS) is 11.7. The lowest BCUT2D eigenvalue weighted by Crippen LogP contribution is -1.90. The summed E-state index contributed by atoms with van der Waals surface area (Å²) in [5.74, 6) is 1.37. The van der Waals surface area contributed by atoms with Crippen LogP contribution in [0.2, 0.25) is 0 Å². The number of aryl methyl sites for hydroxylation is 2. The zero-order chi connectivity index (χ0) is 13.0. The van der Waals surface area contributed by atoms with Crippen LogP contribution >= 0.6 is 11.3 Å². The van der Waals surface area contributed by atoms with E-state index >= 15 is 0 Å². The molecule has 0 aliphatic carbocycles. The van der Waals surface area contributed by atoms with Crippen LogP contribution in [0.3, 0.4) is 0 Å². The maximum Gasteiger partial charge on any atom is 0.205 e. The van der Waals surface area contributed by atoms with Crippen molar-refractivity contribution in [2.24, 2.45) is 0 Å². The molecule has 0 fully saturated rings. The van der Waals surface area contributed by atoms with Gasteiger partial charge in [-0.3, -0.25) is 4.40 Å². The Bertz CT molecular complexity index is 888. The molecule has 4 heterocycles. The van der Waals surface area contributed by atoms with E-state index in [1.165, 1.54) is 10.4 Å². The average Bonchev–Trinajstić information content (AvgIpc) is 3.09. The molecule has 4 rings (SSSR count). The number of furan rings is 1. The number of thiophene rings is 1. The molecule has 0 saturated heterocycles. The van der Waals surface area contributed by atoms with Gasteiger partial charge in [0.1, 0.15) is 11.2 Å². The van der Waals surface area contributed by atoms with Gasteiger partial charge in [0.25, 0.3) is 0 Å². The molecule has 94 valence electrons. The largest absolute Gasteiger partial charge is 0.461 e. The van der Waals surface area contributed by atoms with E-state index in [1.54, 1.807) is 23.9 Å². The van der Waals surface area contributed by atoms with Crippen molar-refractivity contribution in [3.63, 3.8) is 0 Å². The highest BCUT2D eigenvalue weighted by molar-refractivity contribution is 7.18. The zero-order valence-electron chi connectivity index (χ0n) is 10.4. The number of aromatic nitrogens is 4. The molecule has 4 aromatic rings. The van der Waals surface area contributed by atoms with Crippen molar-refractivity contribution in [3.8, 4) is 11.6 Å². The molecule has 0 aliphatic rings. The number of hydrogen-bond acceptors (Lipinski definition) is 5. The topological polar surface area (TPSA) is 56.2 Å². The Kier molecular flexibility index (Phi) is 2.05. The lowest BCUT2D eigenvalue weighted by molar-refractivity contribution is 0.576. The molecule has 0 aromatic carbocycles. The number of hydrogen-bond donors (Lipinski definition) is 0. The fourth-order valence-electron chi connectivity index (χ4n) is 2.22. The van der Waals surface area contributed by atoms with Gasteiger partial charge in [-0.1, -0.05) is 0 Å². The van der Waals surface area contributed by atoms with Crippen LogP contribution in [-0.2, 0) is 0 Å². The second kappa shape index (κ2) is 3.64. The molecule has 0 aliphatic heterocycles. The Morgan fingerprint density at radius 2 is 2.16 bits per heavy atom. The molecule has 19 heavy (non-hydrogen) atoms. The molecule has 4 aromatic heterocycles. The van der Waals surface area contributed by atoms with Crippen LogP contribution in [0.4, 0.5) is 0 Å². The first-order valence-corrected chi connectivity index (χ1v) is 6.70. The highest BCUT2D eigenvalue weighted by Crippen LogP contribution is 2.32. The third-order valence-electron chi connectivity index (χ3n) is 3.32.